The van der Waals surface area contributed by atoms with Crippen molar-refractivity contribution >= 4 is 22.8 Å². The van der Waals surface area contributed by atoms with Gasteiger partial charge in [-0.25, -0.2) is 9.97 Å². The summed E-state index contributed by atoms with van der Waals surface area (Å²) in [5.74, 6) is -0.544. The van der Waals surface area contributed by atoms with Crippen LogP contribution in [-0.4, -0.2) is 41.7 Å². The fourth-order valence-electron chi connectivity index (χ4n) is 3.23. The molecule has 8 heteroatoms. The smallest absolute Gasteiger partial charge is 0.347 e. The molecule has 2 aromatic rings. The molecule has 1 fully saturated rings. The van der Waals surface area contributed by atoms with Crippen molar-refractivity contribution in [3.8, 4) is 0 Å². The maximum absolute atomic E-state index is 12.3. The molecule has 1 aliphatic rings. The molecule has 0 spiro atoms. The number of halogens is 3. The molecule has 1 aromatic heterocycles. The van der Waals surface area contributed by atoms with E-state index in [-0.39, 0.29) is 0 Å². The zero-order valence-electron chi connectivity index (χ0n) is 14.7. The van der Waals surface area contributed by atoms with Crippen LogP contribution in [0.1, 0.15) is 24.1 Å². The molecule has 0 radical (unpaired) electrons. The first kappa shape index (κ1) is 18.4. The van der Waals surface area contributed by atoms with Crippen molar-refractivity contribution in [1.82, 2.24) is 15.3 Å². The lowest BCUT2D eigenvalue weighted by Gasteiger charge is -2.32. The molecule has 1 amide bonds. The van der Waals surface area contributed by atoms with Crippen molar-refractivity contribution in [2.45, 2.75) is 32.9 Å². The molecule has 0 aliphatic carbocycles. The SMILES string of the molecule is Cc1ccc2c(C)nc(N3CCC[C@H](C(=O)NCC(F)(F)F)C3)nc2c1. The van der Waals surface area contributed by atoms with Crippen LogP contribution >= 0.6 is 0 Å². The molecular weight excluding hydrogens is 345 g/mol. The second-order valence-corrected chi connectivity index (χ2v) is 6.75. The average Bonchev–Trinajstić information content (AvgIpc) is 2.58. The summed E-state index contributed by atoms with van der Waals surface area (Å²) in [6.45, 7) is 3.59. The van der Waals surface area contributed by atoms with Crippen molar-refractivity contribution in [2.75, 3.05) is 24.5 Å². The number of carbonyl (C=O) groups excluding carboxylic acids is 1. The Bertz CT molecular complexity index is 822. The summed E-state index contributed by atoms with van der Waals surface area (Å²) in [4.78, 5) is 23.1. The third-order valence-corrected chi connectivity index (χ3v) is 4.57. The number of aryl methyl sites for hydroxylation is 2. The normalized spacial score (nSPS) is 18.2. The maximum atomic E-state index is 12.3. The second kappa shape index (κ2) is 7.09. The van der Waals surface area contributed by atoms with Gasteiger partial charge in [-0.2, -0.15) is 13.2 Å². The van der Waals surface area contributed by atoms with Crippen LogP contribution in [0.5, 0.6) is 0 Å². The Kier molecular flexibility index (Phi) is 5.02. The van der Waals surface area contributed by atoms with Crippen molar-refractivity contribution in [2.24, 2.45) is 5.92 Å². The van der Waals surface area contributed by atoms with Gasteiger partial charge in [0.1, 0.15) is 6.54 Å². The number of aromatic nitrogens is 2. The summed E-state index contributed by atoms with van der Waals surface area (Å²) in [5, 5.41) is 2.95. The number of amides is 1. The molecule has 140 valence electrons. The number of hydrogen-bond donors (Lipinski definition) is 1. The summed E-state index contributed by atoms with van der Waals surface area (Å²) >= 11 is 0. The van der Waals surface area contributed by atoms with Crippen molar-refractivity contribution < 1.29 is 18.0 Å². The van der Waals surface area contributed by atoms with Crippen LogP contribution in [0.3, 0.4) is 0 Å². The number of rotatable bonds is 3. The lowest BCUT2D eigenvalue weighted by molar-refractivity contribution is -0.140. The van der Waals surface area contributed by atoms with Crippen LogP contribution in [0, 0.1) is 19.8 Å². The number of hydrogen-bond acceptors (Lipinski definition) is 4. The number of carbonyl (C=O) groups is 1. The minimum atomic E-state index is -4.40. The third-order valence-electron chi connectivity index (χ3n) is 4.57. The number of anilines is 1. The third kappa shape index (κ3) is 4.23. The number of benzene rings is 1. The van der Waals surface area contributed by atoms with Gasteiger partial charge in [-0.15, -0.1) is 0 Å². The topological polar surface area (TPSA) is 58.1 Å². The number of piperidine rings is 1. The Morgan fingerprint density at radius 1 is 1.31 bits per heavy atom. The molecule has 1 N–H and O–H groups in total. The van der Waals surface area contributed by atoms with Crippen molar-refractivity contribution in [3.05, 3.63) is 29.5 Å². The molecule has 1 aromatic carbocycles. The van der Waals surface area contributed by atoms with Crippen LogP contribution < -0.4 is 10.2 Å². The largest absolute Gasteiger partial charge is 0.405 e. The van der Waals surface area contributed by atoms with Gasteiger partial charge in [-0.3, -0.25) is 4.79 Å². The highest BCUT2D eigenvalue weighted by Crippen LogP contribution is 2.25. The Morgan fingerprint density at radius 3 is 2.81 bits per heavy atom. The van der Waals surface area contributed by atoms with E-state index in [1.54, 1.807) is 0 Å². The van der Waals surface area contributed by atoms with Crippen LogP contribution in [0.4, 0.5) is 19.1 Å². The van der Waals surface area contributed by atoms with Gasteiger partial charge in [0.25, 0.3) is 0 Å². The van der Waals surface area contributed by atoms with E-state index in [0.29, 0.717) is 31.9 Å². The highest BCUT2D eigenvalue weighted by Gasteiger charge is 2.32. The van der Waals surface area contributed by atoms with E-state index in [2.05, 4.69) is 9.97 Å². The van der Waals surface area contributed by atoms with Crippen LogP contribution in [-0.2, 0) is 4.79 Å². The quantitative estimate of drug-likeness (QED) is 0.907. The van der Waals surface area contributed by atoms with Gasteiger partial charge in [-0.05, 0) is 38.3 Å². The molecule has 0 unspecified atom stereocenters. The number of fused-ring (bicyclic) bond motifs is 1. The fourth-order valence-corrected chi connectivity index (χ4v) is 3.23. The number of nitrogens with zero attached hydrogens (tertiary/aromatic N) is 3. The first-order valence-electron chi connectivity index (χ1n) is 8.57. The summed E-state index contributed by atoms with van der Waals surface area (Å²) in [5.41, 5.74) is 2.76. The minimum Gasteiger partial charge on any atom is -0.347 e. The summed E-state index contributed by atoms with van der Waals surface area (Å²) < 4.78 is 36.9. The van der Waals surface area contributed by atoms with Crippen LogP contribution in [0.15, 0.2) is 18.2 Å². The summed E-state index contributed by atoms with van der Waals surface area (Å²) in [6, 6.07) is 5.96. The fraction of sp³-hybridized carbons (Fsp3) is 0.500. The van der Waals surface area contributed by atoms with E-state index >= 15 is 0 Å². The predicted octanol–water partition coefficient (Wildman–Crippen LogP) is 3.14. The Morgan fingerprint density at radius 2 is 2.08 bits per heavy atom. The zero-order valence-corrected chi connectivity index (χ0v) is 14.7. The van der Waals surface area contributed by atoms with E-state index in [1.165, 1.54) is 0 Å². The van der Waals surface area contributed by atoms with E-state index in [4.69, 9.17) is 0 Å². The van der Waals surface area contributed by atoms with Crippen LogP contribution in [0.2, 0.25) is 0 Å². The molecule has 26 heavy (non-hydrogen) atoms. The first-order chi connectivity index (χ1) is 12.2. The van der Waals surface area contributed by atoms with Gasteiger partial charge in [0.15, 0.2) is 0 Å². The van der Waals surface area contributed by atoms with Gasteiger partial charge in [-0.1, -0.05) is 12.1 Å². The Hall–Kier alpha value is -2.38. The van der Waals surface area contributed by atoms with E-state index < -0.39 is 24.5 Å². The molecular formula is C18H21F3N4O. The molecule has 5 nitrogen and oxygen atoms in total. The second-order valence-electron chi connectivity index (χ2n) is 6.75. The highest BCUT2D eigenvalue weighted by molar-refractivity contribution is 5.83. The molecule has 1 aliphatic heterocycles. The highest BCUT2D eigenvalue weighted by atomic mass is 19.4. The van der Waals surface area contributed by atoms with Gasteiger partial charge in [0.2, 0.25) is 11.9 Å². The summed E-state index contributed by atoms with van der Waals surface area (Å²) in [7, 11) is 0. The molecule has 0 saturated carbocycles. The van der Waals surface area contributed by atoms with E-state index in [1.807, 2.05) is 42.3 Å². The zero-order chi connectivity index (χ0) is 18.9. The Labute approximate surface area is 149 Å². The van der Waals surface area contributed by atoms with E-state index in [9.17, 15) is 18.0 Å². The molecule has 2 heterocycles. The molecule has 1 atom stereocenters. The van der Waals surface area contributed by atoms with Crippen molar-refractivity contribution in [3.63, 3.8) is 0 Å². The van der Waals surface area contributed by atoms with Gasteiger partial charge >= 0.3 is 6.18 Å². The molecule has 1 saturated heterocycles. The van der Waals surface area contributed by atoms with Gasteiger partial charge in [0.05, 0.1) is 17.1 Å². The monoisotopic (exact) mass is 366 g/mol. The standard InChI is InChI=1S/C18H21F3N4O/c1-11-5-6-14-12(2)23-17(24-15(14)8-11)25-7-3-4-13(9-25)16(26)22-10-18(19,20)21/h5-6,8,13H,3-4,7,9-10H2,1-2H3,(H,22,26)/t13-/m0/s1. The lowest BCUT2D eigenvalue weighted by atomic mass is 9.97. The van der Waals surface area contributed by atoms with E-state index in [0.717, 1.165) is 22.2 Å². The van der Waals surface area contributed by atoms with Crippen molar-refractivity contribution in [1.29, 1.82) is 0 Å². The predicted molar refractivity (Wildman–Crippen MR) is 93.0 cm³/mol. The number of alkyl halides is 3. The lowest BCUT2D eigenvalue weighted by Crippen LogP contribution is -2.45. The molecule has 3 rings (SSSR count). The maximum Gasteiger partial charge on any atom is 0.405 e. The minimum absolute atomic E-state index is 0.320. The van der Waals surface area contributed by atoms with Crippen LogP contribution in [0.25, 0.3) is 10.9 Å². The summed E-state index contributed by atoms with van der Waals surface area (Å²) in [6.07, 6.45) is -3.13. The average molecular weight is 366 g/mol. The van der Waals surface area contributed by atoms with Gasteiger partial charge in [0, 0.05) is 18.5 Å². The molecule has 0 bridgehead atoms. The van der Waals surface area contributed by atoms with Gasteiger partial charge < -0.3 is 10.2 Å². The Balaban J connectivity index is 1.77. The number of nitrogens with one attached hydrogen (secondary N) is 1. The first-order valence-corrected chi connectivity index (χ1v) is 8.57.